The Hall–Kier alpha value is -1.73. The smallest absolute Gasteiger partial charge is 0.185 e. The number of benzene rings is 1. The molecule has 2 aromatic rings. The highest BCUT2D eigenvalue weighted by Gasteiger charge is 1.98. The van der Waals surface area contributed by atoms with E-state index < -0.39 is 0 Å². The van der Waals surface area contributed by atoms with Crippen molar-refractivity contribution in [2.75, 3.05) is 5.75 Å². The lowest BCUT2D eigenvalue weighted by atomic mass is 10.2. The van der Waals surface area contributed by atoms with E-state index in [2.05, 4.69) is 21.8 Å². The molecule has 0 saturated heterocycles. The molecule has 92 valence electrons. The Morgan fingerprint density at radius 3 is 3.11 bits per heavy atom. The summed E-state index contributed by atoms with van der Waals surface area (Å²) in [5.41, 5.74) is 2.95. The second kappa shape index (κ2) is 5.74. The first kappa shape index (κ1) is 12.7. The van der Waals surface area contributed by atoms with Crippen LogP contribution < -0.4 is 0 Å². The van der Waals surface area contributed by atoms with Crippen molar-refractivity contribution in [2.45, 2.75) is 20.3 Å². The maximum absolute atomic E-state index is 10.7. The highest BCUT2D eigenvalue weighted by Crippen LogP contribution is 2.12. The van der Waals surface area contributed by atoms with Crippen LogP contribution in [0.2, 0.25) is 0 Å². The summed E-state index contributed by atoms with van der Waals surface area (Å²) < 4.78 is 0. The summed E-state index contributed by atoms with van der Waals surface area (Å²) in [4.78, 5) is 18.3. The molecular formula is C14H14N2OS. The third kappa shape index (κ3) is 3.38. The number of thioether (sulfide) groups is 1. The highest BCUT2D eigenvalue weighted by molar-refractivity contribution is 8.13. The van der Waals surface area contributed by atoms with Gasteiger partial charge in [0.05, 0.1) is 11.0 Å². The van der Waals surface area contributed by atoms with Gasteiger partial charge >= 0.3 is 0 Å². The van der Waals surface area contributed by atoms with Crippen molar-refractivity contribution in [3.63, 3.8) is 0 Å². The molecule has 3 nitrogen and oxygen atoms in total. The summed E-state index contributed by atoms with van der Waals surface area (Å²) in [5, 5.41) is 0.145. The van der Waals surface area contributed by atoms with E-state index in [9.17, 15) is 4.79 Å². The quantitative estimate of drug-likeness (QED) is 0.665. The van der Waals surface area contributed by atoms with Crippen molar-refractivity contribution in [1.82, 2.24) is 9.97 Å². The molecule has 1 heterocycles. The second-order valence-corrected chi connectivity index (χ2v) is 5.22. The Balaban J connectivity index is 2.03. The first-order chi connectivity index (χ1) is 8.65. The van der Waals surface area contributed by atoms with Crippen LogP contribution in [0.4, 0.5) is 0 Å². The number of H-pyrrole nitrogens is 1. The first-order valence-corrected chi connectivity index (χ1v) is 6.72. The summed E-state index contributed by atoms with van der Waals surface area (Å²) in [7, 11) is 0. The Labute approximate surface area is 110 Å². The molecule has 0 saturated carbocycles. The van der Waals surface area contributed by atoms with Gasteiger partial charge in [0.2, 0.25) is 0 Å². The molecule has 0 amide bonds. The van der Waals surface area contributed by atoms with Crippen molar-refractivity contribution < 1.29 is 4.79 Å². The predicted molar refractivity (Wildman–Crippen MR) is 75.5 cm³/mol. The van der Waals surface area contributed by atoms with E-state index in [1.165, 1.54) is 11.8 Å². The molecule has 0 fully saturated rings. The topological polar surface area (TPSA) is 45.8 Å². The Morgan fingerprint density at radius 2 is 2.33 bits per heavy atom. The van der Waals surface area contributed by atoms with Crippen LogP contribution in [0.15, 0.2) is 18.2 Å². The molecule has 0 atom stereocenters. The van der Waals surface area contributed by atoms with Gasteiger partial charge in [0.25, 0.3) is 0 Å². The molecule has 2 rings (SSSR count). The van der Waals surface area contributed by atoms with Gasteiger partial charge in [-0.2, -0.15) is 0 Å². The fraction of sp³-hybridized carbons (Fsp3) is 0.286. The highest BCUT2D eigenvalue weighted by atomic mass is 32.2. The minimum Gasteiger partial charge on any atom is -0.342 e. The number of nitrogens with zero attached hydrogens (tertiary/aromatic N) is 1. The van der Waals surface area contributed by atoms with Crippen molar-refractivity contribution in [1.29, 1.82) is 0 Å². The van der Waals surface area contributed by atoms with Gasteiger partial charge in [-0.3, -0.25) is 4.79 Å². The van der Waals surface area contributed by atoms with Crippen molar-refractivity contribution in [3.05, 3.63) is 29.6 Å². The number of fused-ring (bicyclic) bond motifs is 1. The first-order valence-electron chi connectivity index (χ1n) is 5.74. The normalized spacial score (nSPS) is 10.1. The number of carbonyl (C=O) groups excluding carboxylic acids is 1. The second-order valence-electron chi connectivity index (χ2n) is 3.95. The number of hydrogen-bond acceptors (Lipinski definition) is 3. The number of nitrogens with one attached hydrogen (secondary N) is 1. The summed E-state index contributed by atoms with van der Waals surface area (Å²) >= 11 is 1.31. The lowest BCUT2D eigenvalue weighted by Crippen LogP contribution is -1.84. The molecule has 0 radical (unpaired) electrons. The summed E-state index contributed by atoms with van der Waals surface area (Å²) in [5.74, 6) is 7.84. The largest absolute Gasteiger partial charge is 0.342 e. The van der Waals surface area contributed by atoms with Crippen molar-refractivity contribution in [2.24, 2.45) is 0 Å². The van der Waals surface area contributed by atoms with E-state index in [0.29, 0.717) is 0 Å². The summed E-state index contributed by atoms with van der Waals surface area (Å²) in [6, 6.07) is 5.93. The van der Waals surface area contributed by atoms with E-state index in [-0.39, 0.29) is 5.12 Å². The molecule has 1 N–H and O–H groups in total. The molecule has 0 aliphatic rings. The van der Waals surface area contributed by atoms with Gasteiger partial charge in [0.1, 0.15) is 5.82 Å². The zero-order chi connectivity index (χ0) is 13.0. The third-order valence-corrected chi connectivity index (χ3v) is 3.18. The molecule has 0 aliphatic heterocycles. The lowest BCUT2D eigenvalue weighted by molar-refractivity contribution is -0.109. The summed E-state index contributed by atoms with van der Waals surface area (Å²) in [6.45, 7) is 3.51. The van der Waals surface area contributed by atoms with E-state index in [1.54, 1.807) is 6.92 Å². The van der Waals surface area contributed by atoms with Crippen molar-refractivity contribution >= 4 is 27.9 Å². The molecule has 0 bridgehead atoms. The van der Waals surface area contributed by atoms with Gasteiger partial charge in [-0.1, -0.05) is 23.6 Å². The fourth-order valence-corrected chi connectivity index (χ4v) is 2.12. The van der Waals surface area contributed by atoms with Gasteiger partial charge < -0.3 is 4.98 Å². The molecule has 0 unspecified atom stereocenters. The minimum atomic E-state index is 0.145. The minimum absolute atomic E-state index is 0.145. The van der Waals surface area contributed by atoms with Crippen molar-refractivity contribution in [3.8, 4) is 11.8 Å². The van der Waals surface area contributed by atoms with Gasteiger partial charge in [0, 0.05) is 24.7 Å². The average molecular weight is 258 g/mol. The Kier molecular flexibility index (Phi) is 4.06. The molecule has 18 heavy (non-hydrogen) atoms. The van der Waals surface area contributed by atoms with Crippen LogP contribution in [0.25, 0.3) is 11.0 Å². The molecule has 1 aromatic heterocycles. The number of rotatable bonds is 2. The monoisotopic (exact) mass is 258 g/mol. The Morgan fingerprint density at radius 1 is 1.50 bits per heavy atom. The van der Waals surface area contributed by atoms with Gasteiger partial charge in [-0.25, -0.2) is 4.98 Å². The van der Waals surface area contributed by atoms with Gasteiger partial charge in [-0.15, -0.1) is 0 Å². The van der Waals surface area contributed by atoms with Crippen LogP contribution in [-0.2, 0) is 4.79 Å². The van der Waals surface area contributed by atoms with Gasteiger partial charge in [0.15, 0.2) is 5.12 Å². The Bertz CT molecular complexity index is 634. The number of aryl methyl sites for hydroxylation is 1. The number of aromatic nitrogens is 2. The number of aromatic amines is 1. The van der Waals surface area contributed by atoms with Crippen LogP contribution in [-0.4, -0.2) is 20.8 Å². The lowest BCUT2D eigenvalue weighted by Gasteiger charge is -1.91. The zero-order valence-electron chi connectivity index (χ0n) is 10.4. The molecular weight excluding hydrogens is 244 g/mol. The van der Waals surface area contributed by atoms with E-state index in [1.807, 2.05) is 25.1 Å². The standard InChI is InChI=1S/C14H14N2OS/c1-10-15-13-7-6-12(9-14(13)16-10)5-3-4-8-18-11(2)17/h6-7,9H,4,8H2,1-2H3,(H,15,16). The maximum atomic E-state index is 10.7. The number of imidazole rings is 1. The third-order valence-electron chi connectivity index (χ3n) is 2.37. The molecule has 0 aliphatic carbocycles. The zero-order valence-corrected chi connectivity index (χ0v) is 11.2. The van der Waals surface area contributed by atoms with Crippen LogP contribution >= 0.6 is 11.8 Å². The van der Waals surface area contributed by atoms with Gasteiger partial charge in [-0.05, 0) is 25.1 Å². The molecule has 1 aromatic carbocycles. The molecule has 0 spiro atoms. The van der Waals surface area contributed by atoms with Crippen LogP contribution in [0.3, 0.4) is 0 Å². The maximum Gasteiger partial charge on any atom is 0.185 e. The predicted octanol–water partition coefficient (Wildman–Crippen LogP) is 2.89. The molecule has 4 heteroatoms. The number of hydrogen-bond donors (Lipinski definition) is 1. The fourth-order valence-electron chi connectivity index (χ4n) is 1.63. The SMILES string of the molecule is CC(=O)SCCC#Cc1ccc2nc(C)[nH]c2c1. The number of carbonyl (C=O) groups is 1. The van der Waals surface area contributed by atoms with E-state index in [4.69, 9.17) is 0 Å². The van der Waals surface area contributed by atoms with E-state index >= 15 is 0 Å². The van der Waals surface area contributed by atoms with Crippen LogP contribution in [0.1, 0.15) is 24.7 Å². The average Bonchev–Trinajstić information content (AvgIpc) is 2.67. The van der Waals surface area contributed by atoms with Crippen LogP contribution in [0.5, 0.6) is 0 Å². The van der Waals surface area contributed by atoms with Crippen LogP contribution in [0, 0.1) is 18.8 Å². The summed E-state index contributed by atoms with van der Waals surface area (Å²) in [6.07, 6.45) is 0.726. The van der Waals surface area contributed by atoms with E-state index in [0.717, 1.165) is 34.6 Å².